The lowest BCUT2D eigenvalue weighted by molar-refractivity contribution is -0.306. The van der Waals surface area contributed by atoms with E-state index in [1.807, 2.05) is 6.07 Å². The average molecular weight is 346 g/mol. The van der Waals surface area contributed by atoms with Gasteiger partial charge in [-0.1, -0.05) is 30.3 Å². The second-order valence-corrected chi connectivity index (χ2v) is 5.87. The molecule has 2 rings (SSSR count). The van der Waals surface area contributed by atoms with Gasteiger partial charge >= 0.3 is 5.97 Å². The molecule has 1 aromatic carbocycles. The van der Waals surface area contributed by atoms with Crippen LogP contribution in [0.15, 0.2) is 41.1 Å². The minimum absolute atomic E-state index is 0.0333. The number of rotatable bonds is 7. The third-order valence-electron chi connectivity index (χ3n) is 3.46. The Labute approximate surface area is 143 Å². The van der Waals surface area contributed by atoms with Crippen LogP contribution in [0.5, 0.6) is 0 Å². The van der Waals surface area contributed by atoms with Crippen LogP contribution in [0.1, 0.15) is 34.7 Å². The first kappa shape index (κ1) is 17.7. The molecule has 0 fully saturated rings. The molecule has 0 aliphatic heterocycles. The predicted molar refractivity (Wildman–Crippen MR) is 87.7 cm³/mol. The zero-order valence-electron chi connectivity index (χ0n) is 13.0. The number of carbonyl (C=O) groups is 3. The highest BCUT2D eigenvalue weighted by Crippen LogP contribution is 2.26. The molecule has 0 aliphatic carbocycles. The molecule has 0 bridgehead atoms. The monoisotopic (exact) mass is 346 g/mol. The third kappa shape index (κ3) is 4.66. The van der Waals surface area contributed by atoms with Gasteiger partial charge in [-0.3, -0.25) is 4.79 Å². The number of esters is 1. The summed E-state index contributed by atoms with van der Waals surface area (Å²) in [5, 5.41) is 16.8. The maximum atomic E-state index is 12.3. The standard InChI is InChI=1S/C17H17NO5S/c1-23-17(22)13-9-24-10-14(13)18-15(19)7-12(8-16(20)21)11-5-3-2-4-6-11/h2-6,9-10,12H,7-8H2,1H3,(H,18,19)(H,20,21)/p-1/t12-/m0/s1. The summed E-state index contributed by atoms with van der Waals surface area (Å²) in [6, 6.07) is 8.91. The molecule has 2 aromatic rings. The Bertz CT molecular complexity index is 726. The van der Waals surface area contributed by atoms with Gasteiger partial charge in [-0.25, -0.2) is 4.79 Å². The minimum Gasteiger partial charge on any atom is -0.550 e. The minimum atomic E-state index is -1.22. The number of thiophene rings is 1. The Morgan fingerprint density at radius 3 is 2.50 bits per heavy atom. The van der Waals surface area contributed by atoms with Crippen molar-refractivity contribution in [3.05, 3.63) is 52.2 Å². The van der Waals surface area contributed by atoms with E-state index in [4.69, 9.17) is 0 Å². The fourth-order valence-corrected chi connectivity index (χ4v) is 3.07. The van der Waals surface area contributed by atoms with Crippen molar-refractivity contribution in [2.45, 2.75) is 18.8 Å². The molecule has 24 heavy (non-hydrogen) atoms. The molecule has 0 saturated carbocycles. The van der Waals surface area contributed by atoms with E-state index in [-0.39, 0.29) is 24.3 Å². The van der Waals surface area contributed by atoms with Gasteiger partial charge in [0.15, 0.2) is 0 Å². The highest BCUT2D eigenvalue weighted by atomic mass is 32.1. The Hall–Kier alpha value is -2.67. The lowest BCUT2D eigenvalue weighted by Crippen LogP contribution is -2.26. The van der Waals surface area contributed by atoms with Crippen LogP contribution in [-0.2, 0) is 14.3 Å². The summed E-state index contributed by atoms with van der Waals surface area (Å²) in [6.45, 7) is 0. The van der Waals surface area contributed by atoms with Crippen molar-refractivity contribution >= 4 is 34.9 Å². The molecule has 1 N–H and O–H groups in total. The molecule has 0 saturated heterocycles. The van der Waals surface area contributed by atoms with Gasteiger partial charge < -0.3 is 20.0 Å². The first-order valence-electron chi connectivity index (χ1n) is 7.20. The molecular weight excluding hydrogens is 330 g/mol. The molecule has 1 amide bonds. The van der Waals surface area contributed by atoms with Gasteiger partial charge in [-0.05, 0) is 17.9 Å². The molecule has 6 nitrogen and oxygen atoms in total. The van der Waals surface area contributed by atoms with Gasteiger partial charge in [0.1, 0.15) is 0 Å². The van der Waals surface area contributed by atoms with Gasteiger partial charge in [0.2, 0.25) is 5.91 Å². The molecule has 0 spiro atoms. The van der Waals surface area contributed by atoms with Crippen molar-refractivity contribution in [3.63, 3.8) is 0 Å². The van der Waals surface area contributed by atoms with E-state index >= 15 is 0 Å². The van der Waals surface area contributed by atoms with Crippen molar-refractivity contribution < 1.29 is 24.2 Å². The quantitative estimate of drug-likeness (QED) is 0.771. The molecule has 1 heterocycles. The van der Waals surface area contributed by atoms with Gasteiger partial charge in [0, 0.05) is 23.2 Å². The number of carbonyl (C=O) groups excluding carboxylic acids is 3. The summed E-state index contributed by atoms with van der Waals surface area (Å²) < 4.78 is 4.65. The second kappa shape index (κ2) is 8.26. The fourth-order valence-electron chi connectivity index (χ4n) is 2.32. The lowest BCUT2D eigenvalue weighted by atomic mass is 9.92. The SMILES string of the molecule is COC(=O)c1cscc1NC(=O)C[C@@H](CC(=O)[O-])c1ccccc1. The summed E-state index contributed by atoms with van der Waals surface area (Å²) in [5.74, 6) is -2.64. The highest BCUT2D eigenvalue weighted by Gasteiger charge is 2.19. The third-order valence-corrected chi connectivity index (χ3v) is 4.20. The van der Waals surface area contributed by atoms with E-state index in [9.17, 15) is 19.5 Å². The molecular formula is C17H16NO5S-. The molecule has 7 heteroatoms. The van der Waals surface area contributed by atoms with Crippen molar-refractivity contribution in [1.82, 2.24) is 0 Å². The van der Waals surface area contributed by atoms with E-state index in [0.29, 0.717) is 5.69 Å². The maximum absolute atomic E-state index is 12.3. The highest BCUT2D eigenvalue weighted by molar-refractivity contribution is 7.08. The zero-order chi connectivity index (χ0) is 17.5. The zero-order valence-corrected chi connectivity index (χ0v) is 13.8. The van der Waals surface area contributed by atoms with E-state index in [1.54, 1.807) is 35.0 Å². The van der Waals surface area contributed by atoms with Crippen molar-refractivity contribution in [2.75, 3.05) is 12.4 Å². The number of aliphatic carboxylic acids is 1. The van der Waals surface area contributed by atoms with Crippen LogP contribution in [0.3, 0.4) is 0 Å². The Morgan fingerprint density at radius 1 is 1.17 bits per heavy atom. The molecule has 0 radical (unpaired) electrons. The average Bonchev–Trinajstić information content (AvgIpc) is 3.02. The normalized spacial score (nSPS) is 11.5. The summed E-state index contributed by atoms with van der Waals surface area (Å²) >= 11 is 1.26. The number of carboxylic acid groups (broad SMARTS) is 1. The Morgan fingerprint density at radius 2 is 1.88 bits per heavy atom. The largest absolute Gasteiger partial charge is 0.550 e. The first-order chi connectivity index (χ1) is 11.5. The molecule has 0 unspecified atom stereocenters. The number of hydrogen-bond acceptors (Lipinski definition) is 6. The number of amides is 1. The number of hydrogen-bond donors (Lipinski definition) is 1. The second-order valence-electron chi connectivity index (χ2n) is 5.13. The topological polar surface area (TPSA) is 95.5 Å². The van der Waals surface area contributed by atoms with Crippen molar-refractivity contribution in [1.29, 1.82) is 0 Å². The van der Waals surface area contributed by atoms with Crippen LogP contribution in [0.25, 0.3) is 0 Å². The molecule has 0 aliphatic rings. The van der Waals surface area contributed by atoms with Crippen LogP contribution in [0, 0.1) is 0 Å². The van der Waals surface area contributed by atoms with Gasteiger partial charge in [-0.15, -0.1) is 11.3 Å². The van der Waals surface area contributed by atoms with Crippen LogP contribution in [0.2, 0.25) is 0 Å². The van der Waals surface area contributed by atoms with Gasteiger partial charge in [0.05, 0.1) is 18.4 Å². The van der Waals surface area contributed by atoms with E-state index in [2.05, 4.69) is 10.1 Å². The Balaban J connectivity index is 2.10. The number of anilines is 1. The smallest absolute Gasteiger partial charge is 0.340 e. The van der Waals surface area contributed by atoms with E-state index in [1.165, 1.54) is 18.4 Å². The van der Waals surface area contributed by atoms with Gasteiger partial charge in [-0.2, -0.15) is 0 Å². The van der Waals surface area contributed by atoms with Crippen LogP contribution in [0.4, 0.5) is 5.69 Å². The van der Waals surface area contributed by atoms with E-state index in [0.717, 1.165) is 5.56 Å². The fraction of sp³-hybridized carbons (Fsp3) is 0.235. The predicted octanol–water partition coefficient (Wildman–Crippen LogP) is 1.79. The molecule has 1 aromatic heterocycles. The van der Waals surface area contributed by atoms with Crippen LogP contribution in [-0.4, -0.2) is 25.0 Å². The number of carboxylic acids is 1. The van der Waals surface area contributed by atoms with Crippen molar-refractivity contribution in [2.24, 2.45) is 0 Å². The summed E-state index contributed by atoms with van der Waals surface area (Å²) in [7, 11) is 1.26. The lowest BCUT2D eigenvalue weighted by Gasteiger charge is -2.17. The molecule has 126 valence electrons. The van der Waals surface area contributed by atoms with Gasteiger partial charge in [0.25, 0.3) is 0 Å². The summed E-state index contributed by atoms with van der Waals surface area (Å²) in [5.41, 5.74) is 1.37. The Kier molecular flexibility index (Phi) is 6.08. The summed E-state index contributed by atoms with van der Waals surface area (Å²) in [6.07, 6.45) is -0.292. The number of ether oxygens (including phenoxy) is 1. The molecule has 1 atom stereocenters. The number of nitrogens with one attached hydrogen (secondary N) is 1. The van der Waals surface area contributed by atoms with E-state index < -0.39 is 17.9 Å². The first-order valence-corrected chi connectivity index (χ1v) is 8.14. The summed E-state index contributed by atoms with van der Waals surface area (Å²) in [4.78, 5) is 34.8. The maximum Gasteiger partial charge on any atom is 0.340 e. The van der Waals surface area contributed by atoms with Crippen LogP contribution >= 0.6 is 11.3 Å². The van der Waals surface area contributed by atoms with Crippen molar-refractivity contribution in [3.8, 4) is 0 Å². The number of methoxy groups -OCH3 is 1. The van der Waals surface area contributed by atoms with Crippen LogP contribution < -0.4 is 10.4 Å². The number of benzene rings is 1.